The molecule has 1 aromatic carbocycles. The molecule has 24 heavy (non-hydrogen) atoms. The maximum Gasteiger partial charge on any atom is 0.204 e. The summed E-state index contributed by atoms with van der Waals surface area (Å²) in [6.07, 6.45) is 7.79. The Morgan fingerprint density at radius 3 is 2.42 bits per heavy atom. The molecule has 4 heteroatoms. The van der Waals surface area contributed by atoms with Gasteiger partial charge in [0.2, 0.25) is 5.69 Å². The second kappa shape index (κ2) is 9.85. The van der Waals surface area contributed by atoms with E-state index in [-0.39, 0.29) is 6.29 Å². The number of pyridine rings is 1. The monoisotopic (exact) mass is 328 g/mol. The van der Waals surface area contributed by atoms with Crippen molar-refractivity contribution in [3.05, 3.63) is 59.9 Å². The van der Waals surface area contributed by atoms with E-state index in [2.05, 4.69) is 34.9 Å². The van der Waals surface area contributed by atoms with Crippen LogP contribution in [-0.4, -0.2) is 27.1 Å². The summed E-state index contributed by atoms with van der Waals surface area (Å²) in [6.45, 7) is 0.651. The number of aryl methyl sites for hydroxylation is 1. The highest BCUT2D eigenvalue weighted by Crippen LogP contribution is 2.15. The number of nitrogens with zero attached hydrogens (tertiary/aromatic N) is 1. The van der Waals surface area contributed by atoms with E-state index in [4.69, 9.17) is 14.2 Å². The Bertz CT molecular complexity index is 634. The Morgan fingerprint density at radius 2 is 1.75 bits per heavy atom. The molecule has 0 aliphatic heterocycles. The van der Waals surface area contributed by atoms with E-state index in [1.807, 2.05) is 37.5 Å². The Hall–Kier alpha value is -2.17. The zero-order valence-corrected chi connectivity index (χ0v) is 14.6. The Kier molecular flexibility index (Phi) is 7.46. The van der Waals surface area contributed by atoms with Gasteiger partial charge in [0.05, 0.1) is 6.61 Å². The second-order valence-corrected chi connectivity index (χ2v) is 5.53. The number of hydrogen-bond donors (Lipinski definition) is 0. The minimum atomic E-state index is -0.152. The van der Waals surface area contributed by atoms with Gasteiger partial charge < -0.3 is 14.2 Å². The molecule has 0 amide bonds. The SMILES string of the molecule is COC(CCCOc1ccc(C=Cc2cccc[n+]2C)cc1)OC. The molecule has 1 aromatic heterocycles. The second-order valence-electron chi connectivity index (χ2n) is 5.53. The lowest BCUT2D eigenvalue weighted by Gasteiger charge is -2.13. The van der Waals surface area contributed by atoms with Gasteiger partial charge in [-0.25, -0.2) is 4.57 Å². The maximum absolute atomic E-state index is 5.74. The third-order valence-corrected chi connectivity index (χ3v) is 3.80. The summed E-state index contributed by atoms with van der Waals surface area (Å²) in [5.74, 6) is 0.879. The van der Waals surface area contributed by atoms with Gasteiger partial charge >= 0.3 is 0 Å². The van der Waals surface area contributed by atoms with E-state index < -0.39 is 0 Å². The van der Waals surface area contributed by atoms with Gasteiger partial charge in [-0.05, 0) is 36.3 Å². The van der Waals surface area contributed by atoms with Crippen LogP contribution < -0.4 is 9.30 Å². The summed E-state index contributed by atoms with van der Waals surface area (Å²) in [5.41, 5.74) is 2.30. The number of aromatic nitrogens is 1. The predicted octanol–water partition coefficient (Wildman–Crippen LogP) is 3.46. The topological polar surface area (TPSA) is 31.6 Å². The van der Waals surface area contributed by atoms with Crippen molar-refractivity contribution in [3.63, 3.8) is 0 Å². The van der Waals surface area contributed by atoms with Gasteiger partial charge in [-0.2, -0.15) is 0 Å². The zero-order chi connectivity index (χ0) is 17.2. The van der Waals surface area contributed by atoms with Crippen LogP contribution in [0.2, 0.25) is 0 Å². The quantitative estimate of drug-likeness (QED) is 0.401. The van der Waals surface area contributed by atoms with Gasteiger partial charge in [0.15, 0.2) is 12.5 Å². The van der Waals surface area contributed by atoms with E-state index in [1.54, 1.807) is 14.2 Å². The third kappa shape index (κ3) is 5.80. The van der Waals surface area contributed by atoms with Crippen LogP contribution in [0.1, 0.15) is 24.1 Å². The first-order valence-corrected chi connectivity index (χ1v) is 8.14. The highest BCUT2D eigenvalue weighted by molar-refractivity contribution is 5.67. The molecule has 2 rings (SSSR count). The van der Waals surface area contributed by atoms with Crippen molar-refractivity contribution in [2.24, 2.45) is 7.05 Å². The van der Waals surface area contributed by atoms with Gasteiger partial charge in [-0.3, -0.25) is 0 Å². The molecule has 0 aliphatic carbocycles. The normalized spacial score (nSPS) is 11.3. The molecule has 1 heterocycles. The largest absolute Gasteiger partial charge is 0.494 e. The molecular formula is C20H26NO3+. The minimum Gasteiger partial charge on any atom is -0.494 e. The van der Waals surface area contributed by atoms with Crippen LogP contribution in [0.4, 0.5) is 0 Å². The van der Waals surface area contributed by atoms with Gasteiger partial charge in [0.1, 0.15) is 12.8 Å². The van der Waals surface area contributed by atoms with Crippen molar-refractivity contribution in [1.82, 2.24) is 0 Å². The fourth-order valence-electron chi connectivity index (χ4n) is 2.34. The van der Waals surface area contributed by atoms with Crippen LogP contribution in [0.3, 0.4) is 0 Å². The summed E-state index contributed by atoms with van der Waals surface area (Å²) in [4.78, 5) is 0. The van der Waals surface area contributed by atoms with Gasteiger partial charge in [-0.15, -0.1) is 0 Å². The number of methoxy groups -OCH3 is 2. The molecule has 0 spiro atoms. The van der Waals surface area contributed by atoms with Crippen LogP contribution in [0.5, 0.6) is 5.75 Å². The van der Waals surface area contributed by atoms with E-state index in [0.717, 1.165) is 29.8 Å². The summed E-state index contributed by atoms with van der Waals surface area (Å²) >= 11 is 0. The summed E-state index contributed by atoms with van der Waals surface area (Å²) < 4.78 is 18.1. The van der Waals surface area contributed by atoms with Gasteiger partial charge in [0.25, 0.3) is 0 Å². The first kappa shape index (κ1) is 18.2. The van der Waals surface area contributed by atoms with Gasteiger partial charge in [-0.1, -0.05) is 12.1 Å². The Balaban J connectivity index is 1.81. The molecule has 4 nitrogen and oxygen atoms in total. The van der Waals surface area contributed by atoms with Crippen molar-refractivity contribution in [3.8, 4) is 5.75 Å². The lowest BCUT2D eigenvalue weighted by atomic mass is 10.2. The molecule has 0 saturated heterocycles. The molecule has 0 aliphatic rings. The molecule has 0 fully saturated rings. The Morgan fingerprint density at radius 1 is 1.00 bits per heavy atom. The highest BCUT2D eigenvalue weighted by Gasteiger charge is 2.04. The summed E-state index contributed by atoms with van der Waals surface area (Å²) in [7, 11) is 5.34. The molecule has 128 valence electrons. The van der Waals surface area contributed by atoms with Crippen molar-refractivity contribution in [1.29, 1.82) is 0 Å². The molecule has 0 atom stereocenters. The van der Waals surface area contributed by atoms with Crippen molar-refractivity contribution in [2.45, 2.75) is 19.1 Å². The number of hydrogen-bond acceptors (Lipinski definition) is 3. The fourth-order valence-corrected chi connectivity index (χ4v) is 2.34. The zero-order valence-electron chi connectivity index (χ0n) is 14.6. The van der Waals surface area contributed by atoms with Crippen molar-refractivity contribution >= 4 is 12.2 Å². The van der Waals surface area contributed by atoms with E-state index in [0.29, 0.717) is 6.61 Å². The average Bonchev–Trinajstić information content (AvgIpc) is 2.62. The maximum atomic E-state index is 5.74. The Labute approximate surface area is 144 Å². The van der Waals surface area contributed by atoms with Crippen LogP contribution in [-0.2, 0) is 16.5 Å². The number of rotatable bonds is 9. The fraction of sp³-hybridized carbons (Fsp3) is 0.350. The van der Waals surface area contributed by atoms with Crippen LogP contribution in [0.15, 0.2) is 48.7 Å². The van der Waals surface area contributed by atoms with Gasteiger partial charge in [0, 0.05) is 38.8 Å². The van der Waals surface area contributed by atoms with Crippen molar-refractivity contribution < 1.29 is 18.8 Å². The first-order valence-electron chi connectivity index (χ1n) is 8.14. The molecule has 0 radical (unpaired) electrons. The smallest absolute Gasteiger partial charge is 0.204 e. The summed E-state index contributed by atoms with van der Waals surface area (Å²) in [6, 6.07) is 14.2. The van der Waals surface area contributed by atoms with E-state index >= 15 is 0 Å². The molecule has 2 aromatic rings. The van der Waals surface area contributed by atoms with Crippen LogP contribution in [0.25, 0.3) is 12.2 Å². The molecule has 0 saturated carbocycles. The number of ether oxygens (including phenoxy) is 3. The lowest BCUT2D eigenvalue weighted by molar-refractivity contribution is -0.673. The predicted molar refractivity (Wildman–Crippen MR) is 95.5 cm³/mol. The van der Waals surface area contributed by atoms with E-state index in [1.165, 1.54) is 0 Å². The molecule has 0 unspecified atom stereocenters. The average molecular weight is 328 g/mol. The molecule has 0 N–H and O–H groups in total. The lowest BCUT2D eigenvalue weighted by Crippen LogP contribution is -2.30. The standard InChI is InChI=1S/C20H26NO3/c1-21-15-5-4-7-18(21)12-9-17-10-13-19(14-11-17)24-16-6-8-20(22-2)23-3/h4-5,7,9-15,20H,6,8,16H2,1-3H3/q+1. The highest BCUT2D eigenvalue weighted by atomic mass is 16.7. The van der Waals surface area contributed by atoms with Crippen LogP contribution in [0, 0.1) is 0 Å². The van der Waals surface area contributed by atoms with Crippen LogP contribution >= 0.6 is 0 Å². The molecular weight excluding hydrogens is 302 g/mol. The number of benzene rings is 1. The molecule has 0 bridgehead atoms. The first-order chi connectivity index (χ1) is 11.7. The summed E-state index contributed by atoms with van der Waals surface area (Å²) in [5, 5.41) is 0. The van der Waals surface area contributed by atoms with E-state index in [9.17, 15) is 0 Å². The minimum absolute atomic E-state index is 0.152. The van der Waals surface area contributed by atoms with Crippen molar-refractivity contribution in [2.75, 3.05) is 20.8 Å². The third-order valence-electron chi connectivity index (χ3n) is 3.80.